The molecule has 0 bridgehead atoms. The molecule has 0 aromatic heterocycles. The van der Waals surface area contributed by atoms with Gasteiger partial charge in [0.2, 0.25) is 0 Å². The molecule has 15 heavy (non-hydrogen) atoms. The van der Waals surface area contributed by atoms with Crippen molar-refractivity contribution in [2.24, 2.45) is 0 Å². The quantitative estimate of drug-likeness (QED) is 0.713. The topological polar surface area (TPSA) is 60.7 Å². The lowest BCUT2D eigenvalue weighted by atomic mass is 9.98. The first-order valence-electron chi connectivity index (χ1n) is 5.10. The zero-order valence-electron chi connectivity index (χ0n) is 9.31. The highest BCUT2D eigenvalue weighted by molar-refractivity contribution is 5.33. The predicted octanol–water partition coefficient (Wildman–Crippen LogP) is 1.85. The molecule has 3 heteroatoms. The van der Waals surface area contributed by atoms with Gasteiger partial charge in [0.15, 0.2) is 0 Å². The van der Waals surface area contributed by atoms with Crippen molar-refractivity contribution in [1.29, 1.82) is 0 Å². The van der Waals surface area contributed by atoms with E-state index in [1.54, 1.807) is 39.0 Å². The molecule has 0 fully saturated rings. The maximum absolute atomic E-state index is 9.47. The van der Waals surface area contributed by atoms with Gasteiger partial charge in [0.25, 0.3) is 0 Å². The minimum atomic E-state index is -0.596. The Morgan fingerprint density at radius 2 is 0.867 bits per heavy atom. The van der Waals surface area contributed by atoms with Gasteiger partial charge >= 0.3 is 0 Å². The van der Waals surface area contributed by atoms with Gasteiger partial charge in [-0.2, -0.15) is 0 Å². The van der Waals surface area contributed by atoms with Crippen LogP contribution in [0.25, 0.3) is 0 Å². The average Bonchev–Trinajstić information content (AvgIpc) is 2.16. The van der Waals surface area contributed by atoms with Crippen molar-refractivity contribution in [1.82, 2.24) is 0 Å². The van der Waals surface area contributed by atoms with Crippen LogP contribution < -0.4 is 0 Å². The Labute approximate surface area is 90.0 Å². The van der Waals surface area contributed by atoms with Crippen LogP contribution >= 0.6 is 0 Å². The van der Waals surface area contributed by atoms with Crippen molar-refractivity contribution in [3.63, 3.8) is 0 Å². The summed E-state index contributed by atoms with van der Waals surface area (Å²) < 4.78 is 0. The Morgan fingerprint density at radius 3 is 1.00 bits per heavy atom. The Bertz CT molecular complexity index is 265. The molecular formula is C12H18O3. The first-order chi connectivity index (χ1) is 6.91. The van der Waals surface area contributed by atoms with E-state index in [0.29, 0.717) is 16.7 Å². The maximum Gasteiger partial charge on any atom is 0.0762 e. The van der Waals surface area contributed by atoms with Crippen molar-refractivity contribution < 1.29 is 15.3 Å². The van der Waals surface area contributed by atoms with Crippen LogP contribution in [0.2, 0.25) is 0 Å². The molecule has 1 aromatic carbocycles. The SMILES string of the molecule is C[C@H](O)c1cc([C@H](C)O)cc([C@H](C)O)c1. The highest BCUT2D eigenvalue weighted by atomic mass is 16.3. The van der Waals surface area contributed by atoms with Gasteiger partial charge in [-0.3, -0.25) is 0 Å². The van der Waals surface area contributed by atoms with Gasteiger partial charge in [-0.05, 0) is 37.5 Å². The Balaban J connectivity index is 3.20. The Morgan fingerprint density at radius 1 is 0.667 bits per heavy atom. The van der Waals surface area contributed by atoms with Crippen molar-refractivity contribution in [2.75, 3.05) is 0 Å². The van der Waals surface area contributed by atoms with Crippen LogP contribution in [0.4, 0.5) is 0 Å². The molecule has 0 aliphatic carbocycles. The van der Waals surface area contributed by atoms with Gasteiger partial charge in [-0.15, -0.1) is 0 Å². The highest BCUT2D eigenvalue weighted by Gasteiger charge is 2.11. The average molecular weight is 210 g/mol. The molecule has 0 radical (unpaired) electrons. The maximum atomic E-state index is 9.47. The zero-order chi connectivity index (χ0) is 11.6. The predicted molar refractivity (Wildman–Crippen MR) is 58.3 cm³/mol. The van der Waals surface area contributed by atoms with E-state index < -0.39 is 18.3 Å². The molecule has 3 atom stereocenters. The van der Waals surface area contributed by atoms with Crippen molar-refractivity contribution >= 4 is 0 Å². The fourth-order valence-electron chi connectivity index (χ4n) is 1.43. The second-order valence-electron chi connectivity index (χ2n) is 3.96. The number of rotatable bonds is 3. The lowest BCUT2D eigenvalue weighted by Gasteiger charge is -2.14. The van der Waals surface area contributed by atoms with Crippen LogP contribution in [-0.4, -0.2) is 15.3 Å². The van der Waals surface area contributed by atoms with Gasteiger partial charge < -0.3 is 15.3 Å². The molecule has 84 valence electrons. The molecule has 1 aromatic rings. The van der Waals surface area contributed by atoms with Crippen LogP contribution in [0.15, 0.2) is 18.2 Å². The van der Waals surface area contributed by atoms with Gasteiger partial charge in [-0.1, -0.05) is 18.2 Å². The molecule has 0 saturated carbocycles. The minimum absolute atomic E-state index is 0.596. The van der Waals surface area contributed by atoms with E-state index in [2.05, 4.69) is 0 Å². The van der Waals surface area contributed by atoms with Crippen molar-refractivity contribution in [2.45, 2.75) is 39.1 Å². The van der Waals surface area contributed by atoms with E-state index >= 15 is 0 Å². The number of aliphatic hydroxyl groups is 3. The molecule has 3 nitrogen and oxygen atoms in total. The third-order valence-corrected chi connectivity index (χ3v) is 2.45. The summed E-state index contributed by atoms with van der Waals surface area (Å²) in [5.74, 6) is 0. The van der Waals surface area contributed by atoms with Gasteiger partial charge in [0.05, 0.1) is 18.3 Å². The van der Waals surface area contributed by atoms with E-state index in [-0.39, 0.29) is 0 Å². The molecule has 1 rings (SSSR count). The number of aliphatic hydroxyl groups excluding tert-OH is 3. The van der Waals surface area contributed by atoms with E-state index in [1.807, 2.05) is 0 Å². The summed E-state index contributed by atoms with van der Waals surface area (Å²) in [5.41, 5.74) is 2.14. The molecular weight excluding hydrogens is 192 g/mol. The molecule has 0 spiro atoms. The molecule has 0 amide bonds. The molecule has 0 aliphatic heterocycles. The van der Waals surface area contributed by atoms with E-state index in [4.69, 9.17) is 0 Å². The second kappa shape index (κ2) is 4.75. The highest BCUT2D eigenvalue weighted by Crippen LogP contribution is 2.24. The van der Waals surface area contributed by atoms with E-state index in [0.717, 1.165) is 0 Å². The van der Waals surface area contributed by atoms with E-state index in [1.165, 1.54) is 0 Å². The number of hydrogen-bond acceptors (Lipinski definition) is 3. The van der Waals surface area contributed by atoms with Gasteiger partial charge in [0, 0.05) is 0 Å². The summed E-state index contributed by atoms with van der Waals surface area (Å²) in [7, 11) is 0. The van der Waals surface area contributed by atoms with Gasteiger partial charge in [-0.25, -0.2) is 0 Å². The first kappa shape index (κ1) is 12.2. The van der Waals surface area contributed by atoms with Crippen LogP contribution in [0.1, 0.15) is 55.8 Å². The fourth-order valence-corrected chi connectivity index (χ4v) is 1.43. The normalized spacial score (nSPS) is 17.2. The summed E-state index contributed by atoms with van der Waals surface area (Å²) in [4.78, 5) is 0. The number of hydrogen-bond donors (Lipinski definition) is 3. The summed E-state index contributed by atoms with van der Waals surface area (Å²) in [6, 6.07) is 5.25. The second-order valence-corrected chi connectivity index (χ2v) is 3.96. The monoisotopic (exact) mass is 210 g/mol. The zero-order valence-corrected chi connectivity index (χ0v) is 9.31. The molecule has 0 unspecified atom stereocenters. The van der Waals surface area contributed by atoms with Crippen LogP contribution in [-0.2, 0) is 0 Å². The Kier molecular flexibility index (Phi) is 3.85. The summed E-state index contributed by atoms with van der Waals surface area (Å²) in [6.07, 6.45) is -1.79. The van der Waals surface area contributed by atoms with Gasteiger partial charge in [0.1, 0.15) is 0 Å². The lowest BCUT2D eigenvalue weighted by Crippen LogP contribution is -2.01. The fraction of sp³-hybridized carbons (Fsp3) is 0.500. The third-order valence-electron chi connectivity index (χ3n) is 2.45. The molecule has 0 heterocycles. The minimum Gasteiger partial charge on any atom is -0.389 e. The first-order valence-corrected chi connectivity index (χ1v) is 5.10. The van der Waals surface area contributed by atoms with Crippen molar-refractivity contribution in [3.8, 4) is 0 Å². The Hall–Kier alpha value is -0.900. The number of benzene rings is 1. The largest absolute Gasteiger partial charge is 0.389 e. The summed E-state index contributed by atoms with van der Waals surface area (Å²) in [6.45, 7) is 4.98. The molecule has 0 aliphatic rings. The molecule has 3 N–H and O–H groups in total. The molecule has 0 saturated heterocycles. The summed E-state index contributed by atoms with van der Waals surface area (Å²) in [5, 5.41) is 28.4. The van der Waals surface area contributed by atoms with Crippen LogP contribution in [0, 0.1) is 0 Å². The van der Waals surface area contributed by atoms with Crippen LogP contribution in [0.5, 0.6) is 0 Å². The standard InChI is InChI=1S/C12H18O3/c1-7(13)10-4-11(8(2)14)6-12(5-10)9(3)15/h4-9,13-15H,1-3H3/t7-,8-,9-/m0/s1. The smallest absolute Gasteiger partial charge is 0.0762 e. The lowest BCUT2D eigenvalue weighted by molar-refractivity contribution is 0.186. The third kappa shape index (κ3) is 3.02. The van der Waals surface area contributed by atoms with Crippen molar-refractivity contribution in [3.05, 3.63) is 34.9 Å². The summed E-state index contributed by atoms with van der Waals surface area (Å²) >= 11 is 0. The van der Waals surface area contributed by atoms with E-state index in [9.17, 15) is 15.3 Å². The van der Waals surface area contributed by atoms with Crippen LogP contribution in [0.3, 0.4) is 0 Å².